The van der Waals surface area contributed by atoms with Crippen molar-refractivity contribution in [2.75, 3.05) is 54.7 Å². The Hall–Kier alpha value is -3.36. The Balaban J connectivity index is 2.01. The molecule has 1 aliphatic heterocycles. The number of methoxy groups -OCH3 is 4. The normalized spacial score (nSPS) is 13.9. The molecule has 1 aromatic heterocycles. The lowest BCUT2D eigenvalue weighted by atomic mass is 9.89. The fourth-order valence-corrected chi connectivity index (χ4v) is 4.98. The highest BCUT2D eigenvalue weighted by Gasteiger charge is 2.26. The van der Waals surface area contributed by atoms with Crippen molar-refractivity contribution in [1.82, 2.24) is 9.88 Å². The van der Waals surface area contributed by atoms with Crippen molar-refractivity contribution in [2.45, 2.75) is 39.2 Å². The molecule has 2 heterocycles. The number of hydrogen-bond acceptors (Lipinski definition) is 8. The molecule has 0 unspecified atom stereocenters. The number of ether oxygens (including phenoxy) is 5. The molecule has 38 heavy (non-hydrogen) atoms. The Morgan fingerprint density at radius 3 is 2.21 bits per heavy atom. The standard InChI is InChI=1S/C30H38N2O6/c1-6-7-8-9-24(33)30-23(19-32-12-14-38-15-13-32)31-22-18-28(37-5)27(36-4)17-21(22)29(30)20-10-11-25(34-2)26(16-20)35-3/h10-11,16-18H,6-9,12-15,19H2,1-5H3. The molecule has 1 aliphatic rings. The Morgan fingerprint density at radius 1 is 0.895 bits per heavy atom. The van der Waals surface area contributed by atoms with Gasteiger partial charge in [-0.15, -0.1) is 0 Å². The van der Waals surface area contributed by atoms with E-state index in [4.69, 9.17) is 28.7 Å². The van der Waals surface area contributed by atoms with Crippen molar-refractivity contribution < 1.29 is 28.5 Å². The molecule has 0 amide bonds. The average molecular weight is 523 g/mol. The van der Waals surface area contributed by atoms with Crippen molar-refractivity contribution >= 4 is 16.7 Å². The molecular weight excluding hydrogens is 484 g/mol. The molecule has 0 radical (unpaired) electrons. The number of carbonyl (C=O) groups is 1. The summed E-state index contributed by atoms with van der Waals surface area (Å²) in [6.07, 6.45) is 3.35. The molecule has 8 heteroatoms. The van der Waals surface area contributed by atoms with E-state index >= 15 is 0 Å². The van der Waals surface area contributed by atoms with Gasteiger partial charge >= 0.3 is 0 Å². The molecule has 4 rings (SSSR count). The minimum absolute atomic E-state index is 0.0932. The van der Waals surface area contributed by atoms with Crippen LogP contribution in [0.5, 0.6) is 23.0 Å². The maximum absolute atomic E-state index is 14.0. The Morgan fingerprint density at radius 2 is 1.55 bits per heavy atom. The largest absolute Gasteiger partial charge is 0.493 e. The molecule has 0 spiro atoms. The lowest BCUT2D eigenvalue weighted by Gasteiger charge is -2.28. The highest BCUT2D eigenvalue weighted by Crippen LogP contribution is 2.42. The van der Waals surface area contributed by atoms with E-state index < -0.39 is 0 Å². The summed E-state index contributed by atoms with van der Waals surface area (Å²) in [4.78, 5) is 21.3. The van der Waals surface area contributed by atoms with Gasteiger partial charge in [-0.25, -0.2) is 0 Å². The van der Waals surface area contributed by atoms with Gasteiger partial charge in [-0.3, -0.25) is 14.7 Å². The van der Waals surface area contributed by atoms with Crippen LogP contribution in [0, 0.1) is 0 Å². The van der Waals surface area contributed by atoms with E-state index in [1.54, 1.807) is 28.4 Å². The Bertz CT molecular complexity index is 1270. The molecule has 8 nitrogen and oxygen atoms in total. The van der Waals surface area contributed by atoms with Crippen molar-refractivity contribution in [3.63, 3.8) is 0 Å². The smallest absolute Gasteiger partial charge is 0.165 e. The maximum Gasteiger partial charge on any atom is 0.165 e. The van der Waals surface area contributed by atoms with Crippen LogP contribution < -0.4 is 18.9 Å². The first-order chi connectivity index (χ1) is 18.5. The average Bonchev–Trinajstić information content (AvgIpc) is 2.95. The third-order valence-corrected chi connectivity index (χ3v) is 7.00. The predicted octanol–water partition coefficient (Wildman–Crippen LogP) is 5.53. The van der Waals surface area contributed by atoms with Crippen LogP contribution in [0.15, 0.2) is 30.3 Å². The number of nitrogens with zero attached hydrogens (tertiary/aromatic N) is 2. The van der Waals surface area contributed by atoms with Crippen LogP contribution in [0.25, 0.3) is 22.0 Å². The van der Waals surface area contributed by atoms with Crippen LogP contribution >= 0.6 is 0 Å². The molecule has 0 saturated carbocycles. The second-order valence-corrected chi connectivity index (χ2v) is 9.37. The molecule has 1 saturated heterocycles. The number of fused-ring (bicyclic) bond motifs is 1. The van der Waals surface area contributed by atoms with Crippen molar-refractivity contribution in [2.24, 2.45) is 0 Å². The van der Waals surface area contributed by atoms with Crippen molar-refractivity contribution in [1.29, 1.82) is 0 Å². The van der Waals surface area contributed by atoms with E-state index in [1.165, 1.54) is 0 Å². The minimum Gasteiger partial charge on any atom is -0.493 e. The number of morpholine rings is 1. The fraction of sp³-hybridized carbons (Fsp3) is 0.467. The van der Waals surface area contributed by atoms with Gasteiger partial charge in [-0.05, 0) is 30.2 Å². The lowest BCUT2D eigenvalue weighted by Crippen LogP contribution is -2.36. The second-order valence-electron chi connectivity index (χ2n) is 9.37. The number of ketones is 1. The summed E-state index contributed by atoms with van der Waals surface area (Å²) in [6.45, 7) is 5.62. The van der Waals surface area contributed by atoms with Crippen LogP contribution in [0.1, 0.15) is 48.7 Å². The maximum atomic E-state index is 14.0. The Kier molecular flexibility index (Phi) is 9.42. The van der Waals surface area contributed by atoms with Crippen molar-refractivity contribution in [3.05, 3.63) is 41.6 Å². The van der Waals surface area contributed by atoms with Gasteiger partial charge in [-0.1, -0.05) is 25.8 Å². The highest BCUT2D eigenvalue weighted by atomic mass is 16.5. The molecule has 204 valence electrons. The van der Waals surface area contributed by atoms with Gasteiger partial charge in [-0.2, -0.15) is 0 Å². The number of aromatic nitrogens is 1. The van der Waals surface area contributed by atoms with Crippen molar-refractivity contribution in [3.8, 4) is 34.1 Å². The summed E-state index contributed by atoms with van der Waals surface area (Å²) in [5, 5.41) is 0.819. The summed E-state index contributed by atoms with van der Waals surface area (Å²) in [5.41, 5.74) is 3.82. The third kappa shape index (κ3) is 5.87. The number of unbranched alkanes of at least 4 members (excludes halogenated alkanes) is 2. The predicted molar refractivity (Wildman–Crippen MR) is 148 cm³/mol. The van der Waals surface area contributed by atoms with Crippen LogP contribution in [-0.4, -0.2) is 70.4 Å². The minimum atomic E-state index is 0.0932. The molecular formula is C30H38N2O6. The zero-order valence-corrected chi connectivity index (χ0v) is 23.1. The van der Waals surface area contributed by atoms with E-state index in [0.717, 1.165) is 60.1 Å². The number of hydrogen-bond donors (Lipinski definition) is 0. The fourth-order valence-electron chi connectivity index (χ4n) is 4.98. The Labute approximate surface area is 224 Å². The first-order valence-corrected chi connectivity index (χ1v) is 13.2. The van der Waals surface area contributed by atoms with E-state index in [1.807, 2.05) is 30.3 Å². The molecule has 2 aromatic carbocycles. The zero-order chi connectivity index (χ0) is 27.1. The van der Waals surface area contributed by atoms with Gasteiger partial charge in [0.1, 0.15) is 0 Å². The SMILES string of the molecule is CCCCCC(=O)c1c(CN2CCOCC2)nc2cc(OC)c(OC)cc2c1-c1ccc(OC)c(OC)c1. The lowest BCUT2D eigenvalue weighted by molar-refractivity contribution is 0.0336. The summed E-state index contributed by atoms with van der Waals surface area (Å²) in [5.74, 6) is 2.47. The van der Waals surface area contributed by atoms with Crippen LogP contribution in [0.4, 0.5) is 0 Å². The van der Waals surface area contributed by atoms with Gasteiger partial charge in [0.05, 0.1) is 52.9 Å². The summed E-state index contributed by atoms with van der Waals surface area (Å²) >= 11 is 0. The third-order valence-electron chi connectivity index (χ3n) is 7.00. The van der Waals surface area contributed by atoms with E-state index in [-0.39, 0.29) is 5.78 Å². The number of benzene rings is 2. The molecule has 0 aliphatic carbocycles. The van der Waals surface area contributed by atoms with Gasteiger partial charge in [0.15, 0.2) is 28.8 Å². The summed E-state index contributed by atoms with van der Waals surface area (Å²) in [7, 11) is 6.44. The van der Waals surface area contributed by atoms with E-state index in [2.05, 4.69) is 11.8 Å². The topological polar surface area (TPSA) is 79.4 Å². The van der Waals surface area contributed by atoms with Gasteiger partial charge in [0.25, 0.3) is 0 Å². The van der Waals surface area contributed by atoms with Crippen LogP contribution in [0.3, 0.4) is 0 Å². The molecule has 0 atom stereocenters. The molecule has 1 fully saturated rings. The molecule has 0 N–H and O–H groups in total. The van der Waals surface area contributed by atoms with Gasteiger partial charge in [0.2, 0.25) is 0 Å². The van der Waals surface area contributed by atoms with E-state index in [9.17, 15) is 4.79 Å². The highest BCUT2D eigenvalue weighted by molar-refractivity contribution is 6.11. The summed E-state index contributed by atoms with van der Waals surface area (Å²) in [6, 6.07) is 9.55. The van der Waals surface area contributed by atoms with Gasteiger partial charge < -0.3 is 23.7 Å². The number of rotatable bonds is 12. The first kappa shape index (κ1) is 27.7. The molecule has 3 aromatic rings. The second kappa shape index (κ2) is 12.9. The summed E-state index contributed by atoms with van der Waals surface area (Å²) < 4.78 is 27.9. The van der Waals surface area contributed by atoms with Crippen LogP contribution in [0.2, 0.25) is 0 Å². The first-order valence-electron chi connectivity index (χ1n) is 13.2. The quantitative estimate of drug-likeness (QED) is 0.227. The molecule has 0 bridgehead atoms. The number of pyridine rings is 1. The van der Waals surface area contributed by atoms with E-state index in [0.29, 0.717) is 54.7 Å². The number of carbonyl (C=O) groups excluding carboxylic acids is 1. The zero-order valence-electron chi connectivity index (χ0n) is 23.1. The number of Topliss-reactive ketones (excluding diaryl/α,β-unsaturated/α-hetero) is 1. The monoisotopic (exact) mass is 522 g/mol. The van der Waals surface area contributed by atoms with Gasteiger partial charge in [0, 0.05) is 48.6 Å². The van der Waals surface area contributed by atoms with Crippen LogP contribution in [-0.2, 0) is 11.3 Å².